The molecule has 2 rings (SSSR count). The number of rotatable bonds is 5. The van der Waals surface area contributed by atoms with Crippen LogP contribution in [0, 0.1) is 5.92 Å². The summed E-state index contributed by atoms with van der Waals surface area (Å²) in [7, 11) is 0. The van der Waals surface area contributed by atoms with E-state index in [-0.39, 0.29) is 24.4 Å². The van der Waals surface area contributed by atoms with Crippen molar-refractivity contribution in [2.75, 3.05) is 6.54 Å². The summed E-state index contributed by atoms with van der Waals surface area (Å²) in [5.74, 6) is 0.920. The minimum absolute atomic E-state index is 0.00732. The lowest BCUT2D eigenvalue weighted by Gasteiger charge is -2.26. The third-order valence-corrected chi connectivity index (χ3v) is 3.75. The number of hydrogen-bond acceptors (Lipinski definition) is 3. The molecule has 1 fully saturated rings. The molecule has 0 aliphatic heterocycles. The van der Waals surface area contributed by atoms with Crippen molar-refractivity contribution >= 4 is 17.9 Å². The van der Waals surface area contributed by atoms with Crippen LogP contribution in [0.1, 0.15) is 38.4 Å². The zero-order valence-electron chi connectivity index (χ0n) is 12.3. The van der Waals surface area contributed by atoms with E-state index in [9.17, 15) is 9.59 Å². The van der Waals surface area contributed by atoms with E-state index in [2.05, 4.69) is 17.6 Å². The molecule has 2 N–H and O–H groups in total. The lowest BCUT2D eigenvalue weighted by atomic mass is 9.87. The van der Waals surface area contributed by atoms with Gasteiger partial charge in [-0.15, -0.1) is 0 Å². The molecule has 1 heterocycles. The molecule has 0 aromatic carbocycles. The Kier molecular flexibility index (Phi) is 5.60. The summed E-state index contributed by atoms with van der Waals surface area (Å²) >= 11 is 0. The van der Waals surface area contributed by atoms with Gasteiger partial charge in [-0.25, -0.2) is 0 Å². The summed E-state index contributed by atoms with van der Waals surface area (Å²) in [6.45, 7) is 2.25. The first-order valence-electron chi connectivity index (χ1n) is 7.42. The van der Waals surface area contributed by atoms with Crippen LogP contribution in [0.4, 0.5) is 0 Å². The summed E-state index contributed by atoms with van der Waals surface area (Å²) in [5.41, 5.74) is 0. The second-order valence-electron chi connectivity index (χ2n) is 5.59. The van der Waals surface area contributed by atoms with Gasteiger partial charge in [0, 0.05) is 12.1 Å². The third-order valence-electron chi connectivity index (χ3n) is 3.75. The van der Waals surface area contributed by atoms with E-state index in [1.54, 1.807) is 18.2 Å². The van der Waals surface area contributed by atoms with Crippen LogP contribution in [0.2, 0.25) is 0 Å². The zero-order valence-corrected chi connectivity index (χ0v) is 12.3. The highest BCUT2D eigenvalue weighted by Gasteiger charge is 2.19. The molecule has 0 atom stereocenters. The van der Waals surface area contributed by atoms with Gasteiger partial charge in [-0.2, -0.15) is 0 Å². The number of nitrogens with one attached hydrogen (secondary N) is 2. The standard InChI is InChI=1S/C16H22N2O3/c1-12-4-6-13(7-5-12)18-16(20)11-17-15(19)9-8-14-3-2-10-21-14/h2-3,8-10,12-13H,4-7,11H2,1H3,(H,17,19)(H,18,20). The van der Waals surface area contributed by atoms with Gasteiger partial charge in [0.25, 0.3) is 0 Å². The number of furan rings is 1. The SMILES string of the molecule is CC1CCC(NC(=O)CNC(=O)C=Cc2ccco2)CC1. The first-order valence-corrected chi connectivity index (χ1v) is 7.42. The Bertz CT molecular complexity index is 486. The third kappa shape index (κ3) is 5.45. The largest absolute Gasteiger partial charge is 0.465 e. The van der Waals surface area contributed by atoms with Gasteiger partial charge in [0.15, 0.2) is 0 Å². The van der Waals surface area contributed by atoms with E-state index in [4.69, 9.17) is 4.42 Å². The molecule has 0 radical (unpaired) electrons. The van der Waals surface area contributed by atoms with Gasteiger partial charge in [0.1, 0.15) is 5.76 Å². The fraction of sp³-hybridized carbons (Fsp3) is 0.500. The van der Waals surface area contributed by atoms with E-state index in [0.717, 1.165) is 31.6 Å². The molecule has 0 bridgehead atoms. The Morgan fingerprint density at radius 3 is 2.76 bits per heavy atom. The fourth-order valence-electron chi connectivity index (χ4n) is 2.45. The van der Waals surface area contributed by atoms with Crippen LogP contribution in [0.3, 0.4) is 0 Å². The van der Waals surface area contributed by atoms with Crippen LogP contribution in [-0.2, 0) is 9.59 Å². The van der Waals surface area contributed by atoms with Crippen LogP contribution in [0.15, 0.2) is 28.9 Å². The lowest BCUT2D eigenvalue weighted by Crippen LogP contribution is -2.42. The van der Waals surface area contributed by atoms with Crippen molar-refractivity contribution in [1.82, 2.24) is 10.6 Å². The number of carbonyl (C=O) groups is 2. The molecule has 2 amide bonds. The maximum Gasteiger partial charge on any atom is 0.244 e. The van der Waals surface area contributed by atoms with Crippen molar-refractivity contribution in [2.45, 2.75) is 38.6 Å². The molecule has 1 aliphatic carbocycles. The summed E-state index contributed by atoms with van der Waals surface area (Å²) in [6.07, 6.45) is 8.82. The van der Waals surface area contributed by atoms with E-state index in [1.165, 1.54) is 12.3 Å². The van der Waals surface area contributed by atoms with E-state index >= 15 is 0 Å². The van der Waals surface area contributed by atoms with E-state index < -0.39 is 0 Å². The Hall–Kier alpha value is -2.04. The molecule has 5 heteroatoms. The van der Waals surface area contributed by atoms with Gasteiger partial charge in [-0.05, 0) is 49.8 Å². The second-order valence-corrected chi connectivity index (χ2v) is 5.59. The van der Waals surface area contributed by atoms with Crippen LogP contribution >= 0.6 is 0 Å². The number of amides is 2. The van der Waals surface area contributed by atoms with E-state index in [1.807, 2.05) is 0 Å². The lowest BCUT2D eigenvalue weighted by molar-refractivity contribution is -0.124. The van der Waals surface area contributed by atoms with Gasteiger partial charge in [0.2, 0.25) is 11.8 Å². The first-order chi connectivity index (χ1) is 10.1. The van der Waals surface area contributed by atoms with Crippen LogP contribution in [0.25, 0.3) is 6.08 Å². The summed E-state index contributed by atoms with van der Waals surface area (Å²) in [4.78, 5) is 23.3. The maximum absolute atomic E-state index is 11.8. The highest BCUT2D eigenvalue weighted by atomic mass is 16.3. The van der Waals surface area contributed by atoms with Gasteiger partial charge >= 0.3 is 0 Å². The smallest absolute Gasteiger partial charge is 0.244 e. The van der Waals surface area contributed by atoms with Gasteiger partial charge in [-0.1, -0.05) is 6.92 Å². The zero-order chi connectivity index (χ0) is 15.1. The quantitative estimate of drug-likeness (QED) is 0.816. The van der Waals surface area contributed by atoms with Gasteiger partial charge < -0.3 is 15.1 Å². The molecule has 1 saturated carbocycles. The molecule has 114 valence electrons. The van der Waals surface area contributed by atoms with Crippen LogP contribution < -0.4 is 10.6 Å². The maximum atomic E-state index is 11.8. The molecule has 21 heavy (non-hydrogen) atoms. The average Bonchev–Trinajstić information content (AvgIpc) is 2.99. The monoisotopic (exact) mass is 290 g/mol. The van der Waals surface area contributed by atoms with Gasteiger partial charge in [0.05, 0.1) is 12.8 Å². The number of carbonyl (C=O) groups excluding carboxylic acids is 2. The van der Waals surface area contributed by atoms with Gasteiger partial charge in [-0.3, -0.25) is 9.59 Å². The molecule has 0 saturated heterocycles. The molecule has 0 unspecified atom stereocenters. The van der Waals surface area contributed by atoms with Crippen molar-refractivity contribution in [3.63, 3.8) is 0 Å². The highest BCUT2D eigenvalue weighted by Crippen LogP contribution is 2.23. The molecule has 1 aliphatic rings. The van der Waals surface area contributed by atoms with Crippen LogP contribution in [0.5, 0.6) is 0 Å². The van der Waals surface area contributed by atoms with Crippen LogP contribution in [-0.4, -0.2) is 24.4 Å². The summed E-state index contributed by atoms with van der Waals surface area (Å²) in [5, 5.41) is 5.53. The molecular formula is C16H22N2O3. The average molecular weight is 290 g/mol. The minimum atomic E-state index is -0.307. The predicted octanol–water partition coefficient (Wildman–Crippen LogP) is 2.10. The Balaban J connectivity index is 1.65. The molecule has 1 aromatic heterocycles. The molecule has 5 nitrogen and oxygen atoms in total. The molecular weight excluding hydrogens is 268 g/mol. The molecule has 0 spiro atoms. The Morgan fingerprint density at radius 1 is 1.33 bits per heavy atom. The Morgan fingerprint density at radius 2 is 2.10 bits per heavy atom. The van der Waals surface area contributed by atoms with Crippen molar-refractivity contribution in [2.24, 2.45) is 5.92 Å². The Labute approximate surface area is 124 Å². The van der Waals surface area contributed by atoms with Crippen molar-refractivity contribution < 1.29 is 14.0 Å². The number of hydrogen-bond donors (Lipinski definition) is 2. The van der Waals surface area contributed by atoms with Crippen molar-refractivity contribution in [1.29, 1.82) is 0 Å². The van der Waals surface area contributed by atoms with Crippen molar-refractivity contribution in [3.8, 4) is 0 Å². The van der Waals surface area contributed by atoms with E-state index in [0.29, 0.717) is 5.76 Å². The minimum Gasteiger partial charge on any atom is -0.465 e. The normalized spacial score (nSPS) is 22.1. The first kappa shape index (κ1) is 15.4. The van der Waals surface area contributed by atoms with Crippen molar-refractivity contribution in [3.05, 3.63) is 30.2 Å². The summed E-state index contributed by atoms with van der Waals surface area (Å²) < 4.78 is 5.07. The fourth-order valence-corrected chi connectivity index (χ4v) is 2.45. The second kappa shape index (κ2) is 7.67. The predicted molar refractivity (Wildman–Crippen MR) is 80.3 cm³/mol. The molecule has 1 aromatic rings. The highest BCUT2D eigenvalue weighted by molar-refractivity contribution is 5.94. The summed E-state index contributed by atoms with van der Waals surface area (Å²) in [6, 6.07) is 3.75. The topological polar surface area (TPSA) is 71.3 Å².